The normalized spacial score (nSPS) is 14.2. The van der Waals surface area contributed by atoms with Gasteiger partial charge >= 0.3 is 0 Å². The van der Waals surface area contributed by atoms with Crippen LogP contribution < -0.4 is 4.72 Å². The Morgan fingerprint density at radius 3 is 2.36 bits per heavy atom. The van der Waals surface area contributed by atoms with Crippen molar-refractivity contribution in [3.63, 3.8) is 0 Å². The lowest BCUT2D eigenvalue weighted by Gasteiger charge is -2.16. The van der Waals surface area contributed by atoms with Crippen molar-refractivity contribution in [3.05, 3.63) is 0 Å². The number of nitrogens with one attached hydrogen (secondary N) is 1. The van der Waals surface area contributed by atoms with E-state index in [-0.39, 0.29) is 11.8 Å². The molecule has 0 aliphatic carbocycles. The van der Waals surface area contributed by atoms with Gasteiger partial charge in [0.15, 0.2) is 0 Å². The molecule has 86 valence electrons. The zero-order valence-corrected chi connectivity index (χ0v) is 10.1. The lowest BCUT2D eigenvalue weighted by atomic mass is 10.2. The number of rotatable bonds is 8. The van der Waals surface area contributed by atoms with Crippen LogP contribution >= 0.6 is 0 Å². The van der Waals surface area contributed by atoms with Crippen LogP contribution in [0.4, 0.5) is 0 Å². The molecule has 0 aliphatic heterocycles. The van der Waals surface area contributed by atoms with E-state index in [1.165, 1.54) is 0 Å². The summed E-state index contributed by atoms with van der Waals surface area (Å²) in [6.45, 7) is 4.32. The summed E-state index contributed by atoms with van der Waals surface area (Å²) in [5.74, 6) is 0.191. The molecule has 0 rings (SSSR count). The second kappa shape index (κ2) is 7.20. The Hall–Kier alpha value is -0.130. The van der Waals surface area contributed by atoms with Crippen molar-refractivity contribution >= 4 is 10.0 Å². The first-order valence-electron chi connectivity index (χ1n) is 5.04. The number of methoxy groups -OCH3 is 1. The van der Waals surface area contributed by atoms with Gasteiger partial charge in [-0.3, -0.25) is 0 Å². The van der Waals surface area contributed by atoms with E-state index in [2.05, 4.69) is 4.72 Å². The summed E-state index contributed by atoms with van der Waals surface area (Å²) in [5.41, 5.74) is 0. The summed E-state index contributed by atoms with van der Waals surface area (Å²) < 4.78 is 30.4. The topological polar surface area (TPSA) is 55.4 Å². The van der Waals surface area contributed by atoms with Crippen LogP contribution in [0.25, 0.3) is 0 Å². The fourth-order valence-electron chi connectivity index (χ4n) is 1.31. The minimum absolute atomic E-state index is 0.0819. The lowest BCUT2D eigenvalue weighted by molar-refractivity contribution is 0.171. The third-order valence-corrected chi connectivity index (χ3v) is 3.46. The summed E-state index contributed by atoms with van der Waals surface area (Å²) in [6, 6.07) is -0.0819. The Morgan fingerprint density at radius 2 is 1.93 bits per heavy atom. The molecule has 0 radical (unpaired) electrons. The van der Waals surface area contributed by atoms with E-state index >= 15 is 0 Å². The predicted molar refractivity (Wildman–Crippen MR) is 57.8 cm³/mol. The molecule has 0 bridgehead atoms. The molecule has 4 nitrogen and oxygen atoms in total. The number of hydrogen-bond acceptors (Lipinski definition) is 3. The van der Waals surface area contributed by atoms with Crippen LogP contribution in [-0.2, 0) is 14.8 Å². The summed E-state index contributed by atoms with van der Waals surface area (Å²) in [6.07, 6.45) is 2.40. The fourth-order valence-corrected chi connectivity index (χ4v) is 2.66. The Morgan fingerprint density at radius 1 is 1.29 bits per heavy atom. The zero-order chi connectivity index (χ0) is 11.0. The molecule has 1 atom stereocenters. The Balaban J connectivity index is 4.13. The Bertz CT molecular complexity index is 220. The standard InChI is InChI=1S/C9H21NO3S/c1-4-6-9(8-13-3)10-14(11,12)7-5-2/h9-10H,4-8H2,1-3H3. The van der Waals surface area contributed by atoms with Crippen molar-refractivity contribution in [2.45, 2.75) is 39.2 Å². The molecule has 14 heavy (non-hydrogen) atoms. The minimum Gasteiger partial charge on any atom is -0.383 e. The highest BCUT2D eigenvalue weighted by Crippen LogP contribution is 2.00. The average molecular weight is 223 g/mol. The molecule has 5 heteroatoms. The van der Waals surface area contributed by atoms with Gasteiger partial charge in [-0.05, 0) is 12.8 Å². The van der Waals surface area contributed by atoms with Gasteiger partial charge in [0.05, 0.1) is 12.4 Å². The molecule has 1 N–H and O–H groups in total. The van der Waals surface area contributed by atoms with Gasteiger partial charge in [-0.2, -0.15) is 0 Å². The molecule has 0 aromatic heterocycles. The predicted octanol–water partition coefficient (Wildman–Crippen LogP) is 1.13. The maximum Gasteiger partial charge on any atom is 0.211 e. The van der Waals surface area contributed by atoms with Crippen LogP contribution in [0.5, 0.6) is 0 Å². The van der Waals surface area contributed by atoms with Gasteiger partial charge in [-0.1, -0.05) is 20.3 Å². The van der Waals surface area contributed by atoms with Gasteiger partial charge in [-0.25, -0.2) is 13.1 Å². The smallest absolute Gasteiger partial charge is 0.211 e. The highest BCUT2D eigenvalue weighted by Gasteiger charge is 2.15. The molecule has 0 saturated carbocycles. The zero-order valence-electron chi connectivity index (χ0n) is 9.25. The highest BCUT2D eigenvalue weighted by atomic mass is 32.2. The first-order valence-corrected chi connectivity index (χ1v) is 6.69. The maximum atomic E-state index is 11.4. The molecule has 0 spiro atoms. The monoisotopic (exact) mass is 223 g/mol. The van der Waals surface area contributed by atoms with Gasteiger partial charge in [0.25, 0.3) is 0 Å². The van der Waals surface area contributed by atoms with E-state index in [9.17, 15) is 8.42 Å². The molecule has 0 aromatic carbocycles. The van der Waals surface area contributed by atoms with Gasteiger partial charge in [0.1, 0.15) is 0 Å². The van der Waals surface area contributed by atoms with Crippen molar-refractivity contribution in [1.29, 1.82) is 0 Å². The van der Waals surface area contributed by atoms with E-state index in [1.807, 2.05) is 13.8 Å². The molecule has 1 unspecified atom stereocenters. The lowest BCUT2D eigenvalue weighted by Crippen LogP contribution is -2.39. The van der Waals surface area contributed by atoms with E-state index in [0.717, 1.165) is 12.8 Å². The van der Waals surface area contributed by atoms with Crippen molar-refractivity contribution < 1.29 is 13.2 Å². The number of ether oxygens (including phenoxy) is 1. The highest BCUT2D eigenvalue weighted by molar-refractivity contribution is 7.89. The van der Waals surface area contributed by atoms with Crippen molar-refractivity contribution in [2.75, 3.05) is 19.5 Å². The summed E-state index contributed by atoms with van der Waals surface area (Å²) >= 11 is 0. The van der Waals surface area contributed by atoms with Crippen LogP contribution in [0.2, 0.25) is 0 Å². The average Bonchev–Trinajstić information content (AvgIpc) is 2.03. The third-order valence-electron chi connectivity index (χ3n) is 1.82. The van der Waals surface area contributed by atoms with Gasteiger partial charge in [0, 0.05) is 13.2 Å². The van der Waals surface area contributed by atoms with Crippen LogP contribution in [0.3, 0.4) is 0 Å². The fraction of sp³-hybridized carbons (Fsp3) is 1.00. The summed E-state index contributed by atoms with van der Waals surface area (Å²) in [5, 5.41) is 0. The second-order valence-electron chi connectivity index (χ2n) is 3.38. The number of hydrogen-bond donors (Lipinski definition) is 1. The first-order chi connectivity index (χ1) is 6.55. The van der Waals surface area contributed by atoms with Crippen molar-refractivity contribution in [3.8, 4) is 0 Å². The molecule has 0 heterocycles. The molecule has 0 aliphatic rings. The van der Waals surface area contributed by atoms with E-state index in [4.69, 9.17) is 4.74 Å². The van der Waals surface area contributed by atoms with Crippen LogP contribution in [0.15, 0.2) is 0 Å². The van der Waals surface area contributed by atoms with Crippen molar-refractivity contribution in [2.24, 2.45) is 0 Å². The first kappa shape index (κ1) is 13.9. The molecular weight excluding hydrogens is 202 g/mol. The van der Waals surface area contributed by atoms with Gasteiger partial charge < -0.3 is 4.74 Å². The molecule has 0 aromatic rings. The molecule has 0 fully saturated rings. The second-order valence-corrected chi connectivity index (χ2v) is 5.25. The van der Waals surface area contributed by atoms with E-state index < -0.39 is 10.0 Å². The largest absolute Gasteiger partial charge is 0.383 e. The third kappa shape index (κ3) is 6.34. The summed E-state index contributed by atoms with van der Waals surface area (Å²) in [7, 11) is -1.53. The van der Waals surface area contributed by atoms with Crippen molar-refractivity contribution in [1.82, 2.24) is 4.72 Å². The van der Waals surface area contributed by atoms with Gasteiger partial charge in [-0.15, -0.1) is 0 Å². The van der Waals surface area contributed by atoms with Crippen LogP contribution in [0.1, 0.15) is 33.1 Å². The minimum atomic E-state index is -3.11. The quantitative estimate of drug-likeness (QED) is 0.671. The SMILES string of the molecule is CCCC(COC)NS(=O)(=O)CCC. The molecule has 0 saturated heterocycles. The molecule has 0 amide bonds. The Kier molecular flexibility index (Phi) is 7.13. The molecular formula is C9H21NO3S. The van der Waals surface area contributed by atoms with Gasteiger partial charge in [0.2, 0.25) is 10.0 Å². The summed E-state index contributed by atoms with van der Waals surface area (Å²) in [4.78, 5) is 0. The Labute approximate surface area is 87.1 Å². The maximum absolute atomic E-state index is 11.4. The van der Waals surface area contributed by atoms with Crippen LogP contribution in [0, 0.1) is 0 Å². The van der Waals surface area contributed by atoms with E-state index in [0.29, 0.717) is 13.0 Å². The number of sulfonamides is 1. The van der Waals surface area contributed by atoms with E-state index in [1.54, 1.807) is 7.11 Å². The van der Waals surface area contributed by atoms with Crippen LogP contribution in [-0.4, -0.2) is 33.9 Å².